The maximum Gasteiger partial charge on any atom is 0.304 e. The molecule has 1 atom stereocenters. The number of carbonyl (C=O) groups excluding carboxylic acids is 3. The number of nitrogens with one attached hydrogen (secondary N) is 1. The number of benzene rings is 1. The molecule has 0 spiro atoms. The van der Waals surface area contributed by atoms with Gasteiger partial charge < -0.3 is 19.3 Å². The third-order valence-electron chi connectivity index (χ3n) is 6.81. The van der Waals surface area contributed by atoms with Crippen LogP contribution in [0.25, 0.3) is 0 Å². The van der Waals surface area contributed by atoms with Crippen LogP contribution in [-0.2, 0) is 25.7 Å². The summed E-state index contributed by atoms with van der Waals surface area (Å²) in [6.45, 7) is 4.78. The molecule has 2 fully saturated rings. The molecule has 1 aliphatic carbocycles. The van der Waals surface area contributed by atoms with Crippen molar-refractivity contribution in [2.75, 3.05) is 13.2 Å². The summed E-state index contributed by atoms with van der Waals surface area (Å²) in [7, 11) is 0. The molecule has 1 saturated carbocycles. The number of fused-ring (bicyclic) bond motifs is 2. The van der Waals surface area contributed by atoms with Crippen molar-refractivity contribution in [3.63, 3.8) is 0 Å². The van der Waals surface area contributed by atoms with Gasteiger partial charge in [0.15, 0.2) is 6.23 Å². The van der Waals surface area contributed by atoms with Gasteiger partial charge in [0.05, 0.1) is 12.3 Å². The molecule has 0 bridgehead atoms. The van der Waals surface area contributed by atoms with Gasteiger partial charge in [-0.25, -0.2) is 4.99 Å². The van der Waals surface area contributed by atoms with Gasteiger partial charge in [-0.1, -0.05) is 25.7 Å². The van der Waals surface area contributed by atoms with Crippen molar-refractivity contribution in [3.05, 3.63) is 23.8 Å². The van der Waals surface area contributed by atoms with Crippen molar-refractivity contribution < 1.29 is 23.9 Å². The maximum absolute atomic E-state index is 12.9. The van der Waals surface area contributed by atoms with Crippen LogP contribution < -0.4 is 10.1 Å². The number of aliphatic imine (C=N–C) groups is 1. The first-order valence-electron chi connectivity index (χ1n) is 12.8. The van der Waals surface area contributed by atoms with Crippen LogP contribution in [0, 0.1) is 0 Å². The van der Waals surface area contributed by atoms with Crippen molar-refractivity contribution in [2.24, 2.45) is 4.99 Å². The molecule has 1 N–H and O–H groups in total. The lowest BCUT2D eigenvalue weighted by Crippen LogP contribution is -2.46. The number of guanidine groups is 1. The Morgan fingerprint density at radius 1 is 1.17 bits per heavy atom. The summed E-state index contributed by atoms with van der Waals surface area (Å²) in [5, 5.41) is 2.77. The number of hydrogen-bond donors (Lipinski definition) is 1. The fraction of sp³-hybridized carbons (Fsp3) is 0.615. The highest BCUT2D eigenvalue weighted by atomic mass is 16.6. The van der Waals surface area contributed by atoms with E-state index in [2.05, 4.69) is 10.3 Å². The minimum atomic E-state index is -0.507. The first-order valence-corrected chi connectivity index (χ1v) is 12.8. The first-order chi connectivity index (χ1) is 16.9. The molecule has 9 heteroatoms. The molecule has 4 rings (SSSR count). The van der Waals surface area contributed by atoms with Crippen molar-refractivity contribution in [1.29, 1.82) is 0 Å². The van der Waals surface area contributed by atoms with Crippen LogP contribution in [0.2, 0.25) is 0 Å². The van der Waals surface area contributed by atoms with E-state index in [0.717, 1.165) is 68.4 Å². The Morgan fingerprint density at radius 3 is 2.71 bits per heavy atom. The molecular weight excluding hydrogens is 448 g/mol. The average Bonchev–Trinajstić information content (AvgIpc) is 3.45. The van der Waals surface area contributed by atoms with E-state index in [4.69, 9.17) is 9.47 Å². The van der Waals surface area contributed by atoms with Gasteiger partial charge >= 0.3 is 5.97 Å². The van der Waals surface area contributed by atoms with Gasteiger partial charge in [-0.2, -0.15) is 0 Å². The third-order valence-corrected chi connectivity index (χ3v) is 6.81. The minimum Gasteiger partial charge on any atom is -0.494 e. The fourth-order valence-corrected chi connectivity index (χ4v) is 5.16. The van der Waals surface area contributed by atoms with Crippen LogP contribution >= 0.6 is 0 Å². The predicted molar refractivity (Wildman–Crippen MR) is 131 cm³/mol. The van der Waals surface area contributed by atoms with Crippen LogP contribution in [0.5, 0.6) is 5.75 Å². The molecule has 1 saturated heterocycles. The predicted octanol–water partition coefficient (Wildman–Crippen LogP) is 3.63. The van der Waals surface area contributed by atoms with Crippen molar-refractivity contribution in [1.82, 2.24) is 15.1 Å². The van der Waals surface area contributed by atoms with Gasteiger partial charge in [0.2, 0.25) is 17.8 Å². The second-order valence-corrected chi connectivity index (χ2v) is 9.59. The number of esters is 1. The van der Waals surface area contributed by atoms with Gasteiger partial charge in [0, 0.05) is 31.5 Å². The third kappa shape index (κ3) is 6.52. The highest BCUT2D eigenvalue weighted by Gasteiger charge is 2.32. The number of rotatable bonds is 11. The summed E-state index contributed by atoms with van der Waals surface area (Å²) in [5.41, 5.74) is 1.92. The average molecular weight is 485 g/mol. The lowest BCUT2D eigenvalue weighted by atomic mass is 10.1. The zero-order chi connectivity index (χ0) is 24.8. The van der Waals surface area contributed by atoms with Crippen molar-refractivity contribution in [2.45, 2.75) is 90.4 Å². The van der Waals surface area contributed by atoms with E-state index >= 15 is 0 Å². The summed E-state index contributed by atoms with van der Waals surface area (Å²) in [4.78, 5) is 44.1. The first kappa shape index (κ1) is 25.0. The molecular formula is C26H36N4O5. The van der Waals surface area contributed by atoms with Crippen LogP contribution in [-0.4, -0.2) is 59.0 Å². The van der Waals surface area contributed by atoms with Crippen LogP contribution in [0.4, 0.5) is 5.69 Å². The van der Waals surface area contributed by atoms with E-state index in [1.54, 1.807) is 11.8 Å². The lowest BCUT2D eigenvalue weighted by molar-refractivity contribution is -0.164. The van der Waals surface area contributed by atoms with E-state index in [1.807, 2.05) is 23.1 Å². The van der Waals surface area contributed by atoms with Gasteiger partial charge in [0.1, 0.15) is 12.3 Å². The second-order valence-electron chi connectivity index (χ2n) is 9.59. The number of ether oxygens (including phenoxy) is 2. The minimum absolute atomic E-state index is 0.0279. The molecule has 190 valence electrons. The Hall–Kier alpha value is -3.10. The number of amides is 2. The Balaban J connectivity index is 1.15. The zero-order valence-electron chi connectivity index (χ0n) is 20.8. The molecule has 2 aliphatic heterocycles. The van der Waals surface area contributed by atoms with E-state index in [9.17, 15) is 14.4 Å². The monoisotopic (exact) mass is 484 g/mol. The molecule has 3 aliphatic rings. The largest absolute Gasteiger partial charge is 0.494 e. The van der Waals surface area contributed by atoms with E-state index in [0.29, 0.717) is 32.1 Å². The van der Waals surface area contributed by atoms with Crippen molar-refractivity contribution >= 4 is 29.4 Å². The van der Waals surface area contributed by atoms with Crippen LogP contribution in [0.1, 0.15) is 77.2 Å². The van der Waals surface area contributed by atoms with Crippen LogP contribution in [0.15, 0.2) is 23.2 Å². The number of unbranched alkanes of at least 4 members (excludes halogenated alkanes) is 3. The number of hydrogen-bond acceptors (Lipinski definition) is 7. The standard InChI is InChI=1S/C26H36N4O5/c1-18(35-19(2)31)30(21-9-6-7-10-21)25(33)11-5-3-4-8-14-34-22-12-13-23-20(15-22)16-29-17-24(32)28-26(29)27-23/h12-13,15,18,21H,3-11,14,16-17H2,1-2H3,(H,27,28,32). The highest BCUT2D eigenvalue weighted by Crippen LogP contribution is 2.30. The number of nitrogens with zero attached hydrogens (tertiary/aromatic N) is 3. The Kier molecular flexibility index (Phi) is 8.25. The van der Waals surface area contributed by atoms with Gasteiger partial charge in [-0.05, 0) is 50.8 Å². The van der Waals surface area contributed by atoms with Gasteiger partial charge in [-0.3, -0.25) is 19.7 Å². The molecule has 2 heterocycles. The van der Waals surface area contributed by atoms with E-state index in [1.165, 1.54) is 6.92 Å². The molecule has 1 unspecified atom stereocenters. The molecule has 9 nitrogen and oxygen atoms in total. The molecule has 1 aromatic carbocycles. The molecule has 2 amide bonds. The lowest BCUT2D eigenvalue weighted by Gasteiger charge is -2.34. The maximum atomic E-state index is 12.9. The fourth-order valence-electron chi connectivity index (χ4n) is 5.16. The summed E-state index contributed by atoms with van der Waals surface area (Å²) in [5.74, 6) is 1.13. The quantitative estimate of drug-likeness (QED) is 0.292. The smallest absolute Gasteiger partial charge is 0.304 e. The van der Waals surface area contributed by atoms with E-state index in [-0.39, 0.29) is 23.8 Å². The molecule has 0 radical (unpaired) electrons. The van der Waals surface area contributed by atoms with Gasteiger partial charge in [-0.15, -0.1) is 0 Å². The summed E-state index contributed by atoms with van der Waals surface area (Å²) in [6, 6.07) is 6.02. The summed E-state index contributed by atoms with van der Waals surface area (Å²) < 4.78 is 11.3. The summed E-state index contributed by atoms with van der Waals surface area (Å²) in [6.07, 6.45) is 7.84. The van der Waals surface area contributed by atoms with E-state index < -0.39 is 6.23 Å². The Labute approximate surface area is 206 Å². The molecule has 1 aromatic rings. The summed E-state index contributed by atoms with van der Waals surface area (Å²) >= 11 is 0. The van der Waals surface area contributed by atoms with Crippen molar-refractivity contribution in [3.8, 4) is 5.75 Å². The Morgan fingerprint density at radius 2 is 1.94 bits per heavy atom. The highest BCUT2D eigenvalue weighted by molar-refractivity contribution is 6.05. The SMILES string of the molecule is CC(=O)OC(C)N(C(=O)CCCCCCOc1ccc2c(c1)CN1CC(=O)NC1=N2)C1CCCC1. The topological polar surface area (TPSA) is 101 Å². The Bertz CT molecular complexity index is 972. The second kappa shape index (κ2) is 11.6. The van der Waals surface area contributed by atoms with Gasteiger partial charge in [0.25, 0.3) is 0 Å². The normalized spacial score (nSPS) is 17.8. The number of carbonyl (C=O) groups is 3. The zero-order valence-corrected chi connectivity index (χ0v) is 20.8. The molecule has 0 aromatic heterocycles. The molecule has 35 heavy (non-hydrogen) atoms. The van der Waals surface area contributed by atoms with Crippen LogP contribution in [0.3, 0.4) is 0 Å².